The van der Waals surface area contributed by atoms with E-state index in [2.05, 4.69) is 18.8 Å². The normalized spacial score (nSPS) is 25.3. The van der Waals surface area contributed by atoms with Gasteiger partial charge in [0.2, 0.25) is 0 Å². The van der Waals surface area contributed by atoms with Gasteiger partial charge in [-0.3, -0.25) is 0 Å². The lowest BCUT2D eigenvalue weighted by Crippen LogP contribution is -2.37. The summed E-state index contributed by atoms with van der Waals surface area (Å²) in [7, 11) is 0. The molecule has 0 bridgehead atoms. The van der Waals surface area contributed by atoms with Gasteiger partial charge in [0.15, 0.2) is 5.95 Å². The molecule has 1 aliphatic rings. The highest BCUT2D eigenvalue weighted by molar-refractivity contribution is 5.16. The monoisotopic (exact) mass is 209 g/mol. The summed E-state index contributed by atoms with van der Waals surface area (Å²) in [6.07, 6.45) is 7.38. The summed E-state index contributed by atoms with van der Waals surface area (Å²) in [4.78, 5) is 4.00. The lowest BCUT2D eigenvalue weighted by atomic mass is 9.95. The summed E-state index contributed by atoms with van der Waals surface area (Å²) in [5.41, 5.74) is 5.73. The van der Waals surface area contributed by atoms with Crippen LogP contribution < -0.4 is 5.73 Å². The molecule has 0 amide bonds. The van der Waals surface area contributed by atoms with E-state index in [1.54, 1.807) is 6.20 Å². The highest BCUT2D eigenvalue weighted by Crippen LogP contribution is 2.28. The summed E-state index contributed by atoms with van der Waals surface area (Å²) in [5, 5.41) is 0. The van der Waals surface area contributed by atoms with Gasteiger partial charge in [-0.1, -0.05) is 0 Å². The first-order chi connectivity index (χ1) is 7.07. The number of hydrogen-bond donors (Lipinski definition) is 1. The Morgan fingerprint density at radius 2 is 2.47 bits per heavy atom. The predicted molar refractivity (Wildman–Crippen MR) is 59.4 cm³/mol. The molecule has 15 heavy (non-hydrogen) atoms. The number of imidazole rings is 1. The molecular formula is C11H19N3O. The van der Waals surface area contributed by atoms with Crippen LogP contribution in [0.4, 0.5) is 5.95 Å². The van der Waals surface area contributed by atoms with Crippen molar-refractivity contribution in [2.75, 3.05) is 5.73 Å². The molecule has 4 nitrogen and oxygen atoms in total. The molecule has 0 aromatic carbocycles. The molecule has 1 aromatic rings. The average molecular weight is 209 g/mol. The molecule has 1 unspecified atom stereocenters. The Morgan fingerprint density at radius 1 is 1.67 bits per heavy atom. The van der Waals surface area contributed by atoms with E-state index in [1.165, 1.54) is 6.42 Å². The zero-order valence-electron chi connectivity index (χ0n) is 9.44. The predicted octanol–water partition coefficient (Wildman–Crippen LogP) is 1.81. The number of ether oxygens (including phenoxy) is 1. The maximum absolute atomic E-state index is 6.00. The van der Waals surface area contributed by atoms with Gasteiger partial charge < -0.3 is 15.0 Å². The third kappa shape index (κ3) is 2.50. The van der Waals surface area contributed by atoms with E-state index in [0.717, 1.165) is 19.4 Å². The topological polar surface area (TPSA) is 53.1 Å². The molecule has 1 atom stereocenters. The van der Waals surface area contributed by atoms with Gasteiger partial charge in [0, 0.05) is 12.4 Å². The van der Waals surface area contributed by atoms with Crippen molar-refractivity contribution in [1.82, 2.24) is 9.55 Å². The van der Waals surface area contributed by atoms with Gasteiger partial charge in [0.25, 0.3) is 0 Å². The van der Waals surface area contributed by atoms with E-state index >= 15 is 0 Å². The van der Waals surface area contributed by atoms with Crippen molar-refractivity contribution in [3.63, 3.8) is 0 Å². The first-order valence-electron chi connectivity index (χ1n) is 5.51. The zero-order valence-corrected chi connectivity index (χ0v) is 9.44. The van der Waals surface area contributed by atoms with Crippen LogP contribution in [0, 0.1) is 0 Å². The number of hydrogen-bond acceptors (Lipinski definition) is 3. The second kappa shape index (κ2) is 3.85. The van der Waals surface area contributed by atoms with Crippen LogP contribution in [-0.2, 0) is 11.3 Å². The number of nitrogen functional groups attached to an aromatic ring is 1. The van der Waals surface area contributed by atoms with Crippen LogP contribution in [0.25, 0.3) is 0 Å². The Labute approximate surface area is 90.4 Å². The Balaban J connectivity index is 1.98. The molecule has 4 heteroatoms. The molecule has 84 valence electrons. The van der Waals surface area contributed by atoms with Crippen LogP contribution in [0.2, 0.25) is 0 Å². The standard InChI is InChI=1S/C11H19N3O/c1-11(2)5-3-4-9(15-11)8-14-7-6-13-10(14)12/h6-7,9H,3-5,8H2,1-2H3,(H2,12,13). The summed E-state index contributed by atoms with van der Waals surface area (Å²) in [5.74, 6) is 0.571. The summed E-state index contributed by atoms with van der Waals surface area (Å²) < 4.78 is 7.95. The van der Waals surface area contributed by atoms with E-state index in [-0.39, 0.29) is 11.7 Å². The fourth-order valence-electron chi connectivity index (χ4n) is 2.17. The highest BCUT2D eigenvalue weighted by atomic mass is 16.5. The molecule has 2 heterocycles. The molecule has 0 aliphatic carbocycles. The van der Waals surface area contributed by atoms with Gasteiger partial charge in [0.05, 0.1) is 18.2 Å². The smallest absolute Gasteiger partial charge is 0.200 e. The molecule has 1 saturated heterocycles. The van der Waals surface area contributed by atoms with Crippen molar-refractivity contribution in [1.29, 1.82) is 0 Å². The molecule has 0 radical (unpaired) electrons. The van der Waals surface area contributed by atoms with Crippen LogP contribution in [-0.4, -0.2) is 21.3 Å². The maximum atomic E-state index is 6.00. The first kappa shape index (κ1) is 10.5. The first-order valence-corrected chi connectivity index (χ1v) is 5.51. The minimum Gasteiger partial charge on any atom is -0.370 e. The molecule has 1 aliphatic heterocycles. The van der Waals surface area contributed by atoms with E-state index < -0.39 is 0 Å². The van der Waals surface area contributed by atoms with E-state index in [1.807, 2.05) is 10.8 Å². The fraction of sp³-hybridized carbons (Fsp3) is 0.727. The van der Waals surface area contributed by atoms with Crippen molar-refractivity contribution in [2.45, 2.75) is 51.4 Å². The fourth-order valence-corrected chi connectivity index (χ4v) is 2.17. The van der Waals surface area contributed by atoms with Gasteiger partial charge in [0.1, 0.15) is 0 Å². The van der Waals surface area contributed by atoms with E-state index in [9.17, 15) is 0 Å². The summed E-state index contributed by atoms with van der Waals surface area (Å²) in [6, 6.07) is 0. The van der Waals surface area contributed by atoms with Crippen molar-refractivity contribution in [3.8, 4) is 0 Å². The third-order valence-corrected chi connectivity index (χ3v) is 2.94. The van der Waals surface area contributed by atoms with Gasteiger partial charge >= 0.3 is 0 Å². The van der Waals surface area contributed by atoms with Crippen LogP contribution in [0.15, 0.2) is 12.4 Å². The van der Waals surface area contributed by atoms with Crippen LogP contribution >= 0.6 is 0 Å². The zero-order chi connectivity index (χ0) is 10.9. The summed E-state index contributed by atoms with van der Waals surface area (Å²) >= 11 is 0. The second-order valence-electron chi connectivity index (χ2n) is 4.83. The van der Waals surface area contributed by atoms with Gasteiger partial charge in [-0.05, 0) is 33.1 Å². The van der Waals surface area contributed by atoms with Crippen LogP contribution in [0.1, 0.15) is 33.1 Å². The minimum absolute atomic E-state index is 0.0122. The Bertz CT molecular complexity index is 332. The number of anilines is 1. The molecule has 1 fully saturated rings. The second-order valence-corrected chi connectivity index (χ2v) is 4.83. The van der Waals surface area contributed by atoms with Crippen LogP contribution in [0.3, 0.4) is 0 Å². The number of rotatable bonds is 2. The Hall–Kier alpha value is -1.03. The number of aromatic nitrogens is 2. The number of nitrogens with zero attached hydrogens (tertiary/aromatic N) is 2. The molecule has 0 saturated carbocycles. The van der Waals surface area contributed by atoms with Crippen molar-refractivity contribution in [3.05, 3.63) is 12.4 Å². The van der Waals surface area contributed by atoms with E-state index in [4.69, 9.17) is 10.5 Å². The van der Waals surface area contributed by atoms with Gasteiger partial charge in [-0.15, -0.1) is 0 Å². The Morgan fingerprint density at radius 3 is 3.07 bits per heavy atom. The van der Waals surface area contributed by atoms with Crippen molar-refractivity contribution >= 4 is 5.95 Å². The lowest BCUT2D eigenvalue weighted by molar-refractivity contribution is -0.111. The number of nitrogens with two attached hydrogens (primary N) is 1. The van der Waals surface area contributed by atoms with Crippen LogP contribution in [0.5, 0.6) is 0 Å². The SMILES string of the molecule is CC1(C)CCCC(Cn2ccnc2N)O1. The maximum Gasteiger partial charge on any atom is 0.200 e. The molecular weight excluding hydrogens is 190 g/mol. The highest BCUT2D eigenvalue weighted by Gasteiger charge is 2.28. The van der Waals surface area contributed by atoms with Crippen molar-refractivity contribution in [2.24, 2.45) is 0 Å². The van der Waals surface area contributed by atoms with Gasteiger partial charge in [-0.25, -0.2) is 4.98 Å². The average Bonchev–Trinajstić information content (AvgIpc) is 2.50. The van der Waals surface area contributed by atoms with E-state index in [0.29, 0.717) is 5.95 Å². The molecule has 2 rings (SSSR count). The lowest BCUT2D eigenvalue weighted by Gasteiger charge is -2.36. The third-order valence-electron chi connectivity index (χ3n) is 2.94. The molecule has 1 aromatic heterocycles. The largest absolute Gasteiger partial charge is 0.370 e. The van der Waals surface area contributed by atoms with Gasteiger partial charge in [-0.2, -0.15) is 0 Å². The Kier molecular flexibility index (Phi) is 2.69. The summed E-state index contributed by atoms with van der Waals surface area (Å²) in [6.45, 7) is 5.11. The molecule has 2 N–H and O–H groups in total. The quantitative estimate of drug-likeness (QED) is 0.808. The molecule has 0 spiro atoms. The minimum atomic E-state index is 0.0122. The van der Waals surface area contributed by atoms with Crippen molar-refractivity contribution < 1.29 is 4.74 Å².